The maximum atomic E-state index is 12.2. The van der Waals surface area contributed by atoms with Gasteiger partial charge in [0, 0.05) is 18.4 Å². The predicted octanol–water partition coefficient (Wildman–Crippen LogP) is 2.46. The molecular formula is C16H19NO4. The third-order valence-electron chi connectivity index (χ3n) is 3.66. The van der Waals surface area contributed by atoms with E-state index < -0.39 is 5.97 Å². The molecule has 1 fully saturated rings. The van der Waals surface area contributed by atoms with Gasteiger partial charge in [-0.15, -0.1) is 0 Å². The van der Waals surface area contributed by atoms with Crippen LogP contribution in [-0.2, 0) is 14.3 Å². The number of amides is 1. The monoisotopic (exact) mass is 289 g/mol. The average molecular weight is 289 g/mol. The summed E-state index contributed by atoms with van der Waals surface area (Å²) in [6.45, 7) is 4.40. The van der Waals surface area contributed by atoms with Gasteiger partial charge < -0.3 is 15.2 Å². The van der Waals surface area contributed by atoms with Gasteiger partial charge in [-0.2, -0.15) is 0 Å². The summed E-state index contributed by atoms with van der Waals surface area (Å²) in [7, 11) is 0. The number of aryl methyl sites for hydroxylation is 1. The molecule has 5 heteroatoms. The van der Waals surface area contributed by atoms with E-state index in [0.717, 1.165) is 23.6 Å². The molecule has 1 aromatic carbocycles. The van der Waals surface area contributed by atoms with Gasteiger partial charge in [0.15, 0.2) is 0 Å². The number of carbonyl (C=O) groups is 2. The highest BCUT2D eigenvalue weighted by atomic mass is 16.5. The summed E-state index contributed by atoms with van der Waals surface area (Å²) in [6.07, 6.45) is 3.32. The zero-order valence-corrected chi connectivity index (χ0v) is 12.1. The second-order valence-electron chi connectivity index (χ2n) is 5.20. The summed E-state index contributed by atoms with van der Waals surface area (Å²) in [4.78, 5) is 22.7. The molecule has 2 atom stereocenters. The first-order chi connectivity index (χ1) is 9.97. The van der Waals surface area contributed by atoms with E-state index in [1.165, 1.54) is 6.08 Å². The number of carbonyl (C=O) groups excluding carboxylic acids is 1. The molecule has 2 N–H and O–H groups in total. The number of ether oxygens (including phenoxy) is 1. The van der Waals surface area contributed by atoms with Crippen molar-refractivity contribution in [2.24, 2.45) is 5.92 Å². The summed E-state index contributed by atoms with van der Waals surface area (Å²) in [6, 6.07) is 5.39. The van der Waals surface area contributed by atoms with Gasteiger partial charge in [-0.1, -0.05) is 6.07 Å². The lowest BCUT2D eigenvalue weighted by Crippen LogP contribution is -2.27. The fourth-order valence-corrected chi connectivity index (χ4v) is 2.41. The van der Waals surface area contributed by atoms with Gasteiger partial charge in [-0.3, -0.25) is 4.79 Å². The molecule has 2 unspecified atom stereocenters. The van der Waals surface area contributed by atoms with Gasteiger partial charge in [0.1, 0.15) is 0 Å². The molecule has 0 aromatic heterocycles. The third-order valence-corrected chi connectivity index (χ3v) is 3.66. The minimum absolute atomic E-state index is 0.0340. The number of nitrogens with one attached hydrogen (secondary N) is 1. The summed E-state index contributed by atoms with van der Waals surface area (Å²) in [5.41, 5.74) is 2.43. The van der Waals surface area contributed by atoms with E-state index in [2.05, 4.69) is 5.32 Å². The quantitative estimate of drug-likeness (QED) is 0.835. The zero-order chi connectivity index (χ0) is 15.4. The Balaban J connectivity index is 2.06. The Kier molecular flexibility index (Phi) is 4.75. The molecule has 1 amide bonds. The van der Waals surface area contributed by atoms with Crippen LogP contribution in [0.5, 0.6) is 0 Å². The third kappa shape index (κ3) is 3.92. The van der Waals surface area contributed by atoms with Gasteiger partial charge in [0.05, 0.1) is 12.0 Å². The van der Waals surface area contributed by atoms with Gasteiger partial charge >= 0.3 is 5.97 Å². The second kappa shape index (κ2) is 6.54. The van der Waals surface area contributed by atoms with E-state index in [0.29, 0.717) is 12.3 Å². The normalized spacial score (nSPS) is 21.6. The van der Waals surface area contributed by atoms with Crippen LogP contribution in [0.3, 0.4) is 0 Å². The Hall–Kier alpha value is -2.14. The first kappa shape index (κ1) is 15.3. The first-order valence-corrected chi connectivity index (χ1v) is 6.91. The number of hydrogen-bond acceptors (Lipinski definition) is 3. The van der Waals surface area contributed by atoms with Crippen molar-refractivity contribution in [1.82, 2.24) is 0 Å². The van der Waals surface area contributed by atoms with Crippen molar-refractivity contribution in [2.45, 2.75) is 26.4 Å². The van der Waals surface area contributed by atoms with Crippen molar-refractivity contribution >= 4 is 23.6 Å². The topological polar surface area (TPSA) is 75.6 Å². The molecule has 2 rings (SSSR count). The van der Waals surface area contributed by atoms with E-state index in [-0.39, 0.29) is 17.9 Å². The number of anilines is 1. The fourth-order valence-electron chi connectivity index (χ4n) is 2.41. The lowest BCUT2D eigenvalue weighted by Gasteiger charge is -2.14. The van der Waals surface area contributed by atoms with Gasteiger partial charge in [0.25, 0.3) is 0 Å². The second-order valence-corrected chi connectivity index (χ2v) is 5.20. The van der Waals surface area contributed by atoms with E-state index >= 15 is 0 Å². The molecule has 5 nitrogen and oxygen atoms in total. The lowest BCUT2D eigenvalue weighted by molar-refractivity contribution is -0.131. The zero-order valence-electron chi connectivity index (χ0n) is 12.1. The lowest BCUT2D eigenvalue weighted by atomic mass is 10.0. The summed E-state index contributed by atoms with van der Waals surface area (Å²) < 4.78 is 5.40. The van der Waals surface area contributed by atoms with Crippen molar-refractivity contribution in [3.05, 3.63) is 35.4 Å². The van der Waals surface area contributed by atoms with Crippen molar-refractivity contribution in [3.8, 4) is 0 Å². The van der Waals surface area contributed by atoms with E-state index in [9.17, 15) is 9.59 Å². The fraction of sp³-hybridized carbons (Fsp3) is 0.375. The SMILES string of the molecule is Cc1cc(NC(=O)C2CCOC2C)ccc1C=CC(=O)O. The standard InChI is InChI=1S/C16H19NO4/c1-10-9-13(5-3-12(10)4-6-15(18)19)17-16(20)14-7-8-21-11(14)2/h3-6,9,11,14H,7-8H2,1-2H3,(H,17,20)(H,18,19). The largest absolute Gasteiger partial charge is 0.478 e. The first-order valence-electron chi connectivity index (χ1n) is 6.91. The molecular weight excluding hydrogens is 270 g/mol. The maximum absolute atomic E-state index is 12.2. The van der Waals surface area contributed by atoms with Crippen LogP contribution in [0.1, 0.15) is 24.5 Å². The van der Waals surface area contributed by atoms with Gasteiger partial charge in [-0.25, -0.2) is 4.79 Å². The highest BCUT2D eigenvalue weighted by Crippen LogP contribution is 2.23. The maximum Gasteiger partial charge on any atom is 0.328 e. The number of hydrogen-bond donors (Lipinski definition) is 2. The van der Waals surface area contributed by atoms with Crippen molar-refractivity contribution in [2.75, 3.05) is 11.9 Å². The number of benzene rings is 1. The number of rotatable bonds is 4. The Morgan fingerprint density at radius 2 is 2.19 bits per heavy atom. The molecule has 1 saturated heterocycles. The molecule has 1 aliphatic heterocycles. The molecule has 21 heavy (non-hydrogen) atoms. The van der Waals surface area contributed by atoms with Crippen LogP contribution in [0.4, 0.5) is 5.69 Å². The molecule has 112 valence electrons. The van der Waals surface area contributed by atoms with Crippen LogP contribution in [0, 0.1) is 12.8 Å². The number of carboxylic acid groups (broad SMARTS) is 1. The van der Waals surface area contributed by atoms with Crippen LogP contribution in [-0.4, -0.2) is 29.7 Å². The Morgan fingerprint density at radius 3 is 2.76 bits per heavy atom. The van der Waals surface area contributed by atoms with E-state index in [1.807, 2.05) is 19.9 Å². The van der Waals surface area contributed by atoms with Crippen molar-refractivity contribution in [1.29, 1.82) is 0 Å². The number of aliphatic carboxylic acids is 1. The minimum Gasteiger partial charge on any atom is -0.478 e. The van der Waals surface area contributed by atoms with E-state index in [4.69, 9.17) is 9.84 Å². The Morgan fingerprint density at radius 1 is 1.43 bits per heavy atom. The molecule has 1 heterocycles. The summed E-state index contributed by atoms with van der Waals surface area (Å²) in [5, 5.41) is 11.5. The average Bonchev–Trinajstić information content (AvgIpc) is 2.84. The van der Waals surface area contributed by atoms with Crippen LogP contribution in [0.25, 0.3) is 6.08 Å². The minimum atomic E-state index is -0.984. The molecule has 1 aliphatic rings. The molecule has 0 saturated carbocycles. The summed E-state index contributed by atoms with van der Waals surface area (Å²) >= 11 is 0. The number of carboxylic acids is 1. The van der Waals surface area contributed by atoms with Gasteiger partial charge in [-0.05, 0) is 49.6 Å². The Bertz CT molecular complexity index is 580. The summed E-state index contributed by atoms with van der Waals surface area (Å²) in [5.74, 6) is -1.13. The van der Waals surface area contributed by atoms with Crippen LogP contribution in [0.15, 0.2) is 24.3 Å². The smallest absolute Gasteiger partial charge is 0.328 e. The van der Waals surface area contributed by atoms with Crippen molar-refractivity contribution in [3.63, 3.8) is 0 Å². The van der Waals surface area contributed by atoms with Crippen LogP contribution >= 0.6 is 0 Å². The molecule has 0 bridgehead atoms. The molecule has 0 radical (unpaired) electrons. The van der Waals surface area contributed by atoms with E-state index in [1.54, 1.807) is 12.1 Å². The molecule has 0 aliphatic carbocycles. The van der Waals surface area contributed by atoms with Crippen LogP contribution < -0.4 is 5.32 Å². The molecule has 0 spiro atoms. The van der Waals surface area contributed by atoms with Crippen LogP contribution in [0.2, 0.25) is 0 Å². The molecule has 1 aromatic rings. The highest BCUT2D eigenvalue weighted by Gasteiger charge is 2.30. The van der Waals surface area contributed by atoms with Gasteiger partial charge in [0.2, 0.25) is 5.91 Å². The Labute approximate surface area is 123 Å². The predicted molar refractivity (Wildman–Crippen MR) is 80.0 cm³/mol. The van der Waals surface area contributed by atoms with Crippen molar-refractivity contribution < 1.29 is 19.4 Å². The highest BCUT2D eigenvalue weighted by molar-refractivity contribution is 5.93.